The lowest BCUT2D eigenvalue weighted by Gasteiger charge is -2.36. The minimum absolute atomic E-state index is 0.645. The van der Waals surface area contributed by atoms with E-state index in [1.807, 2.05) is 12.3 Å². The summed E-state index contributed by atoms with van der Waals surface area (Å²) in [6.45, 7) is 3.01. The number of rotatable bonds is 4. The molecule has 1 saturated carbocycles. The van der Waals surface area contributed by atoms with Crippen molar-refractivity contribution in [3.05, 3.63) is 65.5 Å². The highest BCUT2D eigenvalue weighted by Crippen LogP contribution is 2.36. The van der Waals surface area contributed by atoms with Crippen LogP contribution in [0.4, 0.5) is 0 Å². The summed E-state index contributed by atoms with van der Waals surface area (Å²) in [6, 6.07) is 15.6. The van der Waals surface area contributed by atoms with Crippen LogP contribution < -0.4 is 5.32 Å². The lowest BCUT2D eigenvalue weighted by Crippen LogP contribution is -2.39. The molecule has 0 spiro atoms. The molecule has 1 aliphatic rings. The van der Waals surface area contributed by atoms with Gasteiger partial charge < -0.3 is 5.32 Å². The maximum absolute atomic E-state index is 4.42. The molecule has 1 N–H and O–H groups in total. The Labute approximate surface area is 114 Å². The van der Waals surface area contributed by atoms with Crippen LogP contribution in [0.5, 0.6) is 0 Å². The van der Waals surface area contributed by atoms with Gasteiger partial charge >= 0.3 is 0 Å². The average Bonchev–Trinajstić information content (AvgIpc) is 2.40. The van der Waals surface area contributed by atoms with Crippen LogP contribution >= 0.6 is 0 Å². The van der Waals surface area contributed by atoms with Gasteiger partial charge in [0.15, 0.2) is 0 Å². The molecule has 0 unspecified atom stereocenters. The Balaban J connectivity index is 1.49. The van der Waals surface area contributed by atoms with E-state index in [0.29, 0.717) is 6.04 Å². The average molecular weight is 252 g/mol. The van der Waals surface area contributed by atoms with E-state index in [-0.39, 0.29) is 0 Å². The maximum Gasteiger partial charge on any atom is 0.0570 e. The van der Waals surface area contributed by atoms with Crippen LogP contribution in [0.25, 0.3) is 0 Å². The van der Waals surface area contributed by atoms with Crippen LogP contribution in [-0.4, -0.2) is 11.0 Å². The quantitative estimate of drug-likeness (QED) is 0.901. The Hall–Kier alpha value is -1.67. The third kappa shape index (κ3) is 2.85. The van der Waals surface area contributed by atoms with E-state index in [2.05, 4.69) is 53.6 Å². The molecule has 3 rings (SSSR count). The smallest absolute Gasteiger partial charge is 0.0570 e. The summed E-state index contributed by atoms with van der Waals surface area (Å²) in [6.07, 6.45) is 4.36. The largest absolute Gasteiger partial charge is 0.308 e. The molecule has 0 aliphatic heterocycles. The number of hydrogen-bond acceptors (Lipinski definition) is 2. The topological polar surface area (TPSA) is 24.9 Å². The van der Waals surface area contributed by atoms with Gasteiger partial charge in [0.1, 0.15) is 0 Å². The van der Waals surface area contributed by atoms with E-state index in [9.17, 15) is 0 Å². The maximum atomic E-state index is 4.42. The first kappa shape index (κ1) is 12.4. The van der Waals surface area contributed by atoms with Gasteiger partial charge in [-0.3, -0.25) is 4.98 Å². The first-order valence-electron chi connectivity index (χ1n) is 7.02. The van der Waals surface area contributed by atoms with Gasteiger partial charge in [-0.2, -0.15) is 0 Å². The molecule has 0 bridgehead atoms. The predicted octanol–water partition coefficient (Wildman–Crippen LogP) is 3.43. The summed E-state index contributed by atoms with van der Waals surface area (Å²) in [5.41, 5.74) is 3.93. The summed E-state index contributed by atoms with van der Waals surface area (Å²) in [7, 11) is 0. The van der Waals surface area contributed by atoms with Crippen molar-refractivity contribution in [1.82, 2.24) is 10.3 Å². The normalized spacial score (nSPS) is 21.9. The first-order chi connectivity index (χ1) is 9.33. The Morgan fingerprint density at radius 1 is 1.11 bits per heavy atom. The molecule has 2 nitrogen and oxygen atoms in total. The predicted molar refractivity (Wildman–Crippen MR) is 78.0 cm³/mol. The molecular weight excluding hydrogens is 232 g/mol. The third-order valence-electron chi connectivity index (χ3n) is 4.09. The van der Waals surface area contributed by atoms with Crippen LogP contribution in [-0.2, 0) is 6.54 Å². The molecule has 0 atom stereocenters. The van der Waals surface area contributed by atoms with Crippen LogP contribution in [0, 0.1) is 6.92 Å². The van der Waals surface area contributed by atoms with E-state index in [4.69, 9.17) is 0 Å². The summed E-state index contributed by atoms with van der Waals surface area (Å²) >= 11 is 0. The number of nitrogens with one attached hydrogen (secondary N) is 1. The molecule has 0 amide bonds. The van der Waals surface area contributed by atoms with Gasteiger partial charge in [0.05, 0.1) is 5.69 Å². The molecule has 1 heterocycles. The molecule has 1 fully saturated rings. The summed E-state index contributed by atoms with van der Waals surface area (Å²) in [5.74, 6) is 0.739. The van der Waals surface area contributed by atoms with E-state index in [1.54, 1.807) is 0 Å². The lowest BCUT2D eigenvalue weighted by molar-refractivity contribution is 0.288. The van der Waals surface area contributed by atoms with Gasteiger partial charge in [0.25, 0.3) is 0 Å². The SMILES string of the molecule is Cc1cccnc1CNC1CC(c2ccccc2)C1. The summed E-state index contributed by atoms with van der Waals surface area (Å²) < 4.78 is 0. The second-order valence-corrected chi connectivity index (χ2v) is 5.42. The molecule has 2 heteroatoms. The minimum atomic E-state index is 0.645. The third-order valence-corrected chi connectivity index (χ3v) is 4.09. The van der Waals surface area contributed by atoms with Crippen LogP contribution in [0.3, 0.4) is 0 Å². The zero-order valence-corrected chi connectivity index (χ0v) is 11.3. The van der Waals surface area contributed by atoms with E-state index in [0.717, 1.165) is 12.5 Å². The second-order valence-electron chi connectivity index (χ2n) is 5.42. The molecule has 1 aliphatic carbocycles. The van der Waals surface area contributed by atoms with Crippen molar-refractivity contribution in [2.24, 2.45) is 0 Å². The first-order valence-corrected chi connectivity index (χ1v) is 7.02. The van der Waals surface area contributed by atoms with Crippen molar-refractivity contribution in [2.75, 3.05) is 0 Å². The Morgan fingerprint density at radius 2 is 1.89 bits per heavy atom. The number of benzene rings is 1. The van der Waals surface area contributed by atoms with Crippen LogP contribution in [0.1, 0.15) is 35.6 Å². The van der Waals surface area contributed by atoms with Crippen molar-refractivity contribution in [3.63, 3.8) is 0 Å². The van der Waals surface area contributed by atoms with Gasteiger partial charge in [-0.15, -0.1) is 0 Å². The van der Waals surface area contributed by atoms with Gasteiger partial charge in [-0.05, 0) is 42.9 Å². The standard InChI is InChI=1S/C17H20N2/c1-13-6-5-9-18-17(13)12-19-16-10-15(11-16)14-7-3-2-4-8-14/h2-9,15-16,19H,10-12H2,1H3. The highest BCUT2D eigenvalue weighted by molar-refractivity contribution is 5.23. The molecule has 19 heavy (non-hydrogen) atoms. The Bertz CT molecular complexity index is 530. The van der Waals surface area contributed by atoms with Gasteiger partial charge in [-0.1, -0.05) is 36.4 Å². The zero-order valence-electron chi connectivity index (χ0n) is 11.3. The molecule has 1 aromatic heterocycles. The highest BCUT2D eigenvalue weighted by atomic mass is 14.9. The van der Waals surface area contributed by atoms with Gasteiger partial charge in [0.2, 0.25) is 0 Å². The molecule has 0 radical (unpaired) electrons. The minimum Gasteiger partial charge on any atom is -0.308 e. The molecule has 2 aromatic rings. The van der Waals surface area contributed by atoms with Crippen molar-refractivity contribution < 1.29 is 0 Å². The van der Waals surface area contributed by atoms with E-state index >= 15 is 0 Å². The van der Waals surface area contributed by atoms with Crippen LogP contribution in [0.15, 0.2) is 48.7 Å². The number of nitrogens with zero attached hydrogens (tertiary/aromatic N) is 1. The Kier molecular flexibility index (Phi) is 3.60. The molecule has 98 valence electrons. The van der Waals surface area contributed by atoms with Gasteiger partial charge in [0, 0.05) is 18.8 Å². The Morgan fingerprint density at radius 3 is 2.63 bits per heavy atom. The lowest BCUT2D eigenvalue weighted by atomic mass is 9.76. The van der Waals surface area contributed by atoms with Gasteiger partial charge in [-0.25, -0.2) is 0 Å². The monoisotopic (exact) mass is 252 g/mol. The van der Waals surface area contributed by atoms with Crippen molar-refractivity contribution in [2.45, 2.75) is 38.3 Å². The molecule has 1 aromatic carbocycles. The fourth-order valence-electron chi connectivity index (χ4n) is 2.73. The molecular formula is C17H20N2. The van der Waals surface area contributed by atoms with E-state index < -0.39 is 0 Å². The fourth-order valence-corrected chi connectivity index (χ4v) is 2.73. The van der Waals surface area contributed by atoms with Crippen molar-refractivity contribution in [1.29, 1.82) is 0 Å². The highest BCUT2D eigenvalue weighted by Gasteiger charge is 2.29. The van der Waals surface area contributed by atoms with Crippen molar-refractivity contribution >= 4 is 0 Å². The second kappa shape index (κ2) is 5.54. The van der Waals surface area contributed by atoms with E-state index in [1.165, 1.54) is 29.7 Å². The number of aryl methyl sites for hydroxylation is 1. The fraction of sp³-hybridized carbons (Fsp3) is 0.353. The number of pyridine rings is 1. The number of hydrogen-bond donors (Lipinski definition) is 1. The summed E-state index contributed by atoms with van der Waals surface area (Å²) in [4.78, 5) is 4.42. The zero-order chi connectivity index (χ0) is 13.1. The van der Waals surface area contributed by atoms with Crippen molar-refractivity contribution in [3.8, 4) is 0 Å². The molecule has 0 saturated heterocycles. The van der Waals surface area contributed by atoms with Crippen LogP contribution in [0.2, 0.25) is 0 Å². The number of aromatic nitrogens is 1. The summed E-state index contributed by atoms with van der Waals surface area (Å²) in [5, 5.41) is 3.61.